The molecule has 3 rings (SSSR count). The molecule has 1 heterocycles. The molecule has 0 fully saturated rings. The van der Waals surface area contributed by atoms with Crippen molar-refractivity contribution in [2.45, 2.75) is 6.42 Å². The van der Waals surface area contributed by atoms with E-state index in [1.807, 2.05) is 0 Å². The summed E-state index contributed by atoms with van der Waals surface area (Å²) < 4.78 is 16.0. The fraction of sp³-hybridized carbons (Fsp3) is 0.200. The van der Waals surface area contributed by atoms with Gasteiger partial charge in [0, 0.05) is 6.42 Å². The van der Waals surface area contributed by atoms with E-state index >= 15 is 0 Å². The van der Waals surface area contributed by atoms with Gasteiger partial charge in [-0.1, -0.05) is 18.2 Å². The van der Waals surface area contributed by atoms with Crippen LogP contribution >= 0.6 is 0 Å². The van der Waals surface area contributed by atoms with Crippen LogP contribution in [0.25, 0.3) is 5.57 Å². The summed E-state index contributed by atoms with van der Waals surface area (Å²) in [6.45, 7) is 0.756. The molecule has 1 aliphatic heterocycles. The Labute approximate surface area is 155 Å². The number of carboxylic acid groups (broad SMARTS) is 2. The Balaban J connectivity index is 2.05. The molecule has 1 aliphatic rings. The second-order valence-electron chi connectivity index (χ2n) is 5.85. The van der Waals surface area contributed by atoms with Crippen LogP contribution in [0.4, 0.5) is 0 Å². The molecule has 0 bridgehead atoms. The SMILES string of the molecule is COc1ccc(C/C(C(=O)O)=C(/C(=O)O)c2ccc3c(c2)OCCO3)cc1. The molecule has 140 valence electrons. The average molecular weight is 370 g/mol. The molecule has 0 aromatic heterocycles. The molecular formula is C20H18O7. The van der Waals surface area contributed by atoms with E-state index in [9.17, 15) is 19.8 Å². The van der Waals surface area contributed by atoms with E-state index in [1.54, 1.807) is 30.3 Å². The third kappa shape index (κ3) is 4.03. The van der Waals surface area contributed by atoms with Crippen molar-refractivity contribution in [3.8, 4) is 17.2 Å². The third-order valence-electron chi connectivity index (χ3n) is 4.14. The Hall–Kier alpha value is -3.48. The molecule has 0 saturated carbocycles. The summed E-state index contributed by atoms with van der Waals surface area (Å²) in [7, 11) is 1.53. The van der Waals surface area contributed by atoms with Gasteiger partial charge in [0.1, 0.15) is 19.0 Å². The van der Waals surface area contributed by atoms with Gasteiger partial charge < -0.3 is 24.4 Å². The molecule has 7 heteroatoms. The van der Waals surface area contributed by atoms with E-state index < -0.39 is 11.9 Å². The molecule has 0 saturated heterocycles. The molecule has 7 nitrogen and oxygen atoms in total. The van der Waals surface area contributed by atoms with Gasteiger partial charge in [-0.3, -0.25) is 0 Å². The predicted octanol–water partition coefficient (Wildman–Crippen LogP) is 2.63. The van der Waals surface area contributed by atoms with Crippen LogP contribution in [0, 0.1) is 0 Å². The summed E-state index contributed by atoms with van der Waals surface area (Å²) in [5.41, 5.74) is 0.404. The van der Waals surface area contributed by atoms with E-state index in [2.05, 4.69) is 0 Å². The van der Waals surface area contributed by atoms with Gasteiger partial charge in [-0.25, -0.2) is 9.59 Å². The summed E-state index contributed by atoms with van der Waals surface area (Å²) in [6.07, 6.45) is -0.0462. The Morgan fingerprint density at radius 1 is 0.963 bits per heavy atom. The highest BCUT2D eigenvalue weighted by Crippen LogP contribution is 2.34. The fourth-order valence-corrected chi connectivity index (χ4v) is 2.84. The molecule has 0 spiro atoms. The van der Waals surface area contributed by atoms with Crippen LogP contribution in [-0.2, 0) is 16.0 Å². The van der Waals surface area contributed by atoms with Crippen LogP contribution < -0.4 is 14.2 Å². The fourth-order valence-electron chi connectivity index (χ4n) is 2.84. The van der Waals surface area contributed by atoms with Crippen molar-refractivity contribution in [2.24, 2.45) is 0 Å². The first-order valence-corrected chi connectivity index (χ1v) is 8.22. The molecule has 0 atom stereocenters. The van der Waals surface area contributed by atoms with Gasteiger partial charge in [0.25, 0.3) is 0 Å². The topological polar surface area (TPSA) is 102 Å². The number of carbonyl (C=O) groups is 2. The van der Waals surface area contributed by atoms with Gasteiger partial charge in [0.15, 0.2) is 11.5 Å². The number of rotatable bonds is 6. The number of ether oxygens (including phenoxy) is 3. The Bertz CT molecular complexity index is 897. The number of benzene rings is 2. The minimum absolute atomic E-state index is 0.0462. The zero-order valence-corrected chi connectivity index (χ0v) is 14.6. The highest BCUT2D eigenvalue weighted by molar-refractivity contribution is 6.22. The number of hydrogen-bond donors (Lipinski definition) is 2. The molecule has 0 unspecified atom stereocenters. The molecular weight excluding hydrogens is 352 g/mol. The van der Waals surface area contributed by atoms with Crippen molar-refractivity contribution in [3.63, 3.8) is 0 Å². The van der Waals surface area contributed by atoms with Gasteiger partial charge >= 0.3 is 11.9 Å². The maximum Gasteiger partial charge on any atom is 0.336 e. The van der Waals surface area contributed by atoms with Crippen LogP contribution in [0.15, 0.2) is 48.0 Å². The van der Waals surface area contributed by atoms with Crippen molar-refractivity contribution >= 4 is 17.5 Å². The molecule has 0 radical (unpaired) electrons. The molecule has 0 aliphatic carbocycles. The summed E-state index contributed by atoms with van der Waals surface area (Å²) in [5, 5.41) is 19.3. The summed E-state index contributed by atoms with van der Waals surface area (Å²) in [4.78, 5) is 23.7. The van der Waals surface area contributed by atoms with Crippen LogP contribution in [-0.4, -0.2) is 42.5 Å². The van der Waals surface area contributed by atoms with Crippen molar-refractivity contribution < 1.29 is 34.0 Å². The lowest BCUT2D eigenvalue weighted by atomic mass is 9.94. The van der Waals surface area contributed by atoms with Gasteiger partial charge in [-0.05, 0) is 35.4 Å². The Kier molecular flexibility index (Phi) is 5.30. The number of carboxylic acids is 2. The largest absolute Gasteiger partial charge is 0.497 e. The highest BCUT2D eigenvalue weighted by Gasteiger charge is 2.24. The predicted molar refractivity (Wildman–Crippen MR) is 96.3 cm³/mol. The molecule has 0 amide bonds. The van der Waals surface area contributed by atoms with E-state index in [1.165, 1.54) is 19.2 Å². The van der Waals surface area contributed by atoms with Crippen LogP contribution in [0.1, 0.15) is 11.1 Å². The smallest absolute Gasteiger partial charge is 0.336 e. The van der Waals surface area contributed by atoms with E-state index in [0.29, 0.717) is 36.0 Å². The minimum Gasteiger partial charge on any atom is -0.497 e. The average Bonchev–Trinajstić information content (AvgIpc) is 2.67. The second kappa shape index (κ2) is 7.82. The summed E-state index contributed by atoms with van der Waals surface area (Å²) >= 11 is 0. The molecule has 2 aromatic rings. The van der Waals surface area contributed by atoms with Gasteiger partial charge in [-0.15, -0.1) is 0 Å². The van der Waals surface area contributed by atoms with Crippen molar-refractivity contribution in [1.29, 1.82) is 0 Å². The lowest BCUT2D eigenvalue weighted by Crippen LogP contribution is -2.16. The second-order valence-corrected chi connectivity index (χ2v) is 5.85. The number of fused-ring (bicyclic) bond motifs is 1. The van der Waals surface area contributed by atoms with E-state index in [0.717, 1.165) is 0 Å². The maximum atomic E-state index is 11.9. The van der Waals surface area contributed by atoms with Crippen molar-refractivity contribution in [3.05, 3.63) is 59.2 Å². The highest BCUT2D eigenvalue weighted by atomic mass is 16.6. The van der Waals surface area contributed by atoms with E-state index in [-0.39, 0.29) is 23.1 Å². The van der Waals surface area contributed by atoms with Gasteiger partial charge in [0.05, 0.1) is 18.3 Å². The lowest BCUT2D eigenvalue weighted by Gasteiger charge is -2.19. The van der Waals surface area contributed by atoms with Gasteiger partial charge in [0.2, 0.25) is 0 Å². The Morgan fingerprint density at radius 2 is 1.63 bits per heavy atom. The first-order chi connectivity index (χ1) is 13.0. The minimum atomic E-state index is -1.32. The Morgan fingerprint density at radius 3 is 2.22 bits per heavy atom. The van der Waals surface area contributed by atoms with E-state index in [4.69, 9.17) is 14.2 Å². The van der Waals surface area contributed by atoms with Crippen LogP contribution in [0.2, 0.25) is 0 Å². The monoisotopic (exact) mass is 370 g/mol. The summed E-state index contributed by atoms with van der Waals surface area (Å²) in [5.74, 6) is -1.09. The quantitative estimate of drug-likeness (QED) is 0.754. The van der Waals surface area contributed by atoms with Crippen molar-refractivity contribution in [2.75, 3.05) is 20.3 Å². The standard InChI is InChI=1S/C20H18O7/c1-25-14-5-2-12(3-6-14)10-15(19(21)22)18(20(23)24)13-4-7-16-17(11-13)27-9-8-26-16/h2-7,11H,8-10H2,1H3,(H,21,22)(H,23,24)/b18-15-. The molecule has 27 heavy (non-hydrogen) atoms. The number of aliphatic carboxylic acids is 2. The number of methoxy groups -OCH3 is 1. The maximum absolute atomic E-state index is 11.9. The molecule has 2 aromatic carbocycles. The number of hydrogen-bond acceptors (Lipinski definition) is 5. The van der Waals surface area contributed by atoms with Crippen LogP contribution in [0.5, 0.6) is 17.2 Å². The first-order valence-electron chi connectivity index (χ1n) is 8.22. The lowest BCUT2D eigenvalue weighted by molar-refractivity contribution is -0.134. The normalized spacial score (nSPS) is 13.5. The van der Waals surface area contributed by atoms with Gasteiger partial charge in [-0.2, -0.15) is 0 Å². The zero-order chi connectivity index (χ0) is 19.4. The zero-order valence-electron chi connectivity index (χ0n) is 14.6. The summed E-state index contributed by atoms with van der Waals surface area (Å²) in [6, 6.07) is 11.4. The molecule has 2 N–H and O–H groups in total. The van der Waals surface area contributed by atoms with Crippen molar-refractivity contribution in [1.82, 2.24) is 0 Å². The first kappa shape index (κ1) is 18.3. The van der Waals surface area contributed by atoms with Crippen LogP contribution in [0.3, 0.4) is 0 Å². The third-order valence-corrected chi connectivity index (χ3v) is 4.14.